The van der Waals surface area contributed by atoms with Crippen LogP contribution < -0.4 is 10.5 Å². The number of benzene rings is 1. The molecule has 1 saturated heterocycles. The smallest absolute Gasteiger partial charge is 0.234 e. The normalized spacial score (nSPS) is 22.9. The molecule has 5 nitrogen and oxygen atoms in total. The highest BCUT2D eigenvalue weighted by Crippen LogP contribution is 2.18. The summed E-state index contributed by atoms with van der Waals surface area (Å²) in [4.78, 5) is 13.2. The van der Waals surface area contributed by atoms with E-state index in [1.54, 1.807) is 12.1 Å². The van der Waals surface area contributed by atoms with Gasteiger partial charge in [-0.2, -0.15) is 0 Å². The minimum absolute atomic E-state index is 0.361. The molecule has 0 saturated carbocycles. The summed E-state index contributed by atoms with van der Waals surface area (Å²) < 4.78 is 5.58. The number of primary amides is 1. The fourth-order valence-electron chi connectivity index (χ4n) is 2.41. The Morgan fingerprint density at radius 1 is 1.45 bits per heavy atom. The van der Waals surface area contributed by atoms with Crippen LogP contribution in [-0.2, 0) is 4.79 Å². The lowest BCUT2D eigenvalue weighted by Crippen LogP contribution is -2.41. The first-order valence-corrected chi connectivity index (χ1v) is 7.04. The fraction of sp³-hybridized carbons (Fsp3) is 0.500. The largest absolute Gasteiger partial charge is 0.494 e. The van der Waals surface area contributed by atoms with E-state index in [1.165, 1.54) is 0 Å². The van der Waals surface area contributed by atoms with Gasteiger partial charge in [0, 0.05) is 18.1 Å². The molecule has 2 rings (SSSR count). The van der Waals surface area contributed by atoms with Gasteiger partial charge < -0.3 is 15.6 Å². The molecule has 110 valence electrons. The first-order valence-electron chi connectivity index (χ1n) is 6.66. The molecule has 0 aliphatic carbocycles. The molecule has 1 heterocycles. The summed E-state index contributed by atoms with van der Waals surface area (Å²) in [5, 5.41) is 10.3. The van der Waals surface area contributed by atoms with E-state index >= 15 is 0 Å². The van der Waals surface area contributed by atoms with Crippen molar-refractivity contribution in [2.75, 3.05) is 19.7 Å². The molecule has 0 bridgehead atoms. The molecule has 1 aromatic rings. The van der Waals surface area contributed by atoms with Crippen molar-refractivity contribution in [3.05, 3.63) is 29.3 Å². The SMILES string of the molecule is NC(=O)[C@H]1C[C@@H](O)CN1CCCOc1ccc(Cl)cc1. The monoisotopic (exact) mass is 298 g/mol. The summed E-state index contributed by atoms with van der Waals surface area (Å²) in [6, 6.07) is 6.82. The Kier molecular flexibility index (Phi) is 5.23. The molecule has 1 aliphatic heterocycles. The van der Waals surface area contributed by atoms with E-state index in [1.807, 2.05) is 17.0 Å². The van der Waals surface area contributed by atoms with Crippen molar-refractivity contribution < 1.29 is 14.6 Å². The van der Waals surface area contributed by atoms with Gasteiger partial charge in [-0.3, -0.25) is 9.69 Å². The van der Waals surface area contributed by atoms with Gasteiger partial charge >= 0.3 is 0 Å². The van der Waals surface area contributed by atoms with Crippen molar-refractivity contribution in [2.45, 2.75) is 25.0 Å². The summed E-state index contributed by atoms with van der Waals surface area (Å²) in [6.45, 7) is 1.71. The first kappa shape index (κ1) is 15.1. The van der Waals surface area contributed by atoms with Crippen LogP contribution in [0.15, 0.2) is 24.3 Å². The van der Waals surface area contributed by atoms with Gasteiger partial charge in [0.15, 0.2) is 0 Å². The molecule has 0 unspecified atom stereocenters. The molecule has 2 atom stereocenters. The molecule has 3 N–H and O–H groups in total. The predicted molar refractivity (Wildman–Crippen MR) is 76.7 cm³/mol. The highest BCUT2D eigenvalue weighted by atomic mass is 35.5. The number of aliphatic hydroxyl groups is 1. The zero-order valence-electron chi connectivity index (χ0n) is 11.2. The molecule has 1 aromatic carbocycles. The molecule has 1 aliphatic rings. The Balaban J connectivity index is 1.72. The number of aliphatic hydroxyl groups excluding tert-OH is 1. The van der Waals surface area contributed by atoms with Crippen LogP contribution in [0.3, 0.4) is 0 Å². The second kappa shape index (κ2) is 6.92. The maximum Gasteiger partial charge on any atom is 0.234 e. The highest BCUT2D eigenvalue weighted by Gasteiger charge is 2.33. The van der Waals surface area contributed by atoms with Gasteiger partial charge in [-0.15, -0.1) is 0 Å². The average Bonchev–Trinajstić information content (AvgIpc) is 2.78. The average molecular weight is 299 g/mol. The first-order chi connectivity index (χ1) is 9.56. The molecule has 0 radical (unpaired) electrons. The Hall–Kier alpha value is -1.30. The van der Waals surface area contributed by atoms with Crippen LogP contribution in [0.25, 0.3) is 0 Å². The Morgan fingerprint density at radius 2 is 2.15 bits per heavy atom. The number of β-amino-alcohol motifs (C(OH)–C–C–N with tert-alkyl or cyclic N) is 1. The van der Waals surface area contributed by atoms with Crippen molar-refractivity contribution in [1.82, 2.24) is 4.90 Å². The van der Waals surface area contributed by atoms with Crippen molar-refractivity contribution in [1.29, 1.82) is 0 Å². The number of carbonyl (C=O) groups excluding carboxylic acids is 1. The van der Waals surface area contributed by atoms with Crippen LogP contribution in [0.4, 0.5) is 0 Å². The molecule has 0 spiro atoms. The maximum atomic E-state index is 11.3. The van der Waals surface area contributed by atoms with Gasteiger partial charge in [-0.05, 0) is 37.1 Å². The third-order valence-electron chi connectivity index (χ3n) is 3.38. The molecule has 1 fully saturated rings. The van der Waals surface area contributed by atoms with E-state index in [0.717, 1.165) is 12.2 Å². The van der Waals surface area contributed by atoms with Crippen LogP contribution in [0, 0.1) is 0 Å². The van der Waals surface area contributed by atoms with Crippen molar-refractivity contribution in [3.8, 4) is 5.75 Å². The van der Waals surface area contributed by atoms with E-state index in [0.29, 0.717) is 31.1 Å². The van der Waals surface area contributed by atoms with Gasteiger partial charge in [0.1, 0.15) is 5.75 Å². The second-order valence-corrected chi connectivity index (χ2v) is 5.39. The maximum absolute atomic E-state index is 11.3. The summed E-state index contributed by atoms with van der Waals surface area (Å²) in [7, 11) is 0. The van der Waals surface area contributed by atoms with Gasteiger partial charge in [0.2, 0.25) is 5.91 Å². The number of hydrogen-bond acceptors (Lipinski definition) is 4. The molecular formula is C14H19ClN2O3. The summed E-state index contributed by atoms with van der Waals surface area (Å²) in [6.07, 6.45) is 0.719. The van der Waals surface area contributed by atoms with Crippen molar-refractivity contribution in [3.63, 3.8) is 0 Å². The number of halogens is 1. The number of hydrogen-bond donors (Lipinski definition) is 2. The fourth-order valence-corrected chi connectivity index (χ4v) is 2.54. The number of nitrogens with two attached hydrogens (primary N) is 1. The van der Waals surface area contributed by atoms with Gasteiger partial charge in [-0.25, -0.2) is 0 Å². The van der Waals surface area contributed by atoms with E-state index in [4.69, 9.17) is 22.1 Å². The Morgan fingerprint density at radius 3 is 2.80 bits per heavy atom. The third kappa shape index (κ3) is 4.10. The van der Waals surface area contributed by atoms with E-state index in [9.17, 15) is 9.90 Å². The number of carbonyl (C=O) groups is 1. The van der Waals surface area contributed by atoms with Gasteiger partial charge in [-0.1, -0.05) is 11.6 Å². The van der Waals surface area contributed by atoms with Gasteiger partial charge in [0.05, 0.1) is 18.8 Å². The number of likely N-dealkylation sites (tertiary alicyclic amines) is 1. The Bertz CT molecular complexity index is 452. The second-order valence-electron chi connectivity index (χ2n) is 4.96. The Labute approximate surface area is 123 Å². The lowest BCUT2D eigenvalue weighted by Gasteiger charge is -2.21. The quantitative estimate of drug-likeness (QED) is 0.769. The topological polar surface area (TPSA) is 75.8 Å². The zero-order chi connectivity index (χ0) is 14.5. The van der Waals surface area contributed by atoms with Crippen LogP contribution in [0.2, 0.25) is 5.02 Å². The summed E-state index contributed by atoms with van der Waals surface area (Å²) in [5.74, 6) is 0.391. The van der Waals surface area contributed by atoms with E-state index in [-0.39, 0.29) is 11.9 Å². The molecular weight excluding hydrogens is 280 g/mol. The minimum Gasteiger partial charge on any atom is -0.494 e. The lowest BCUT2D eigenvalue weighted by molar-refractivity contribution is -0.122. The zero-order valence-corrected chi connectivity index (χ0v) is 11.9. The predicted octanol–water partition coefficient (Wildman–Crippen LogP) is 1.03. The molecule has 6 heteroatoms. The number of ether oxygens (including phenoxy) is 1. The third-order valence-corrected chi connectivity index (χ3v) is 3.63. The van der Waals surface area contributed by atoms with E-state index in [2.05, 4.69) is 0 Å². The highest BCUT2D eigenvalue weighted by molar-refractivity contribution is 6.30. The van der Waals surface area contributed by atoms with Crippen LogP contribution >= 0.6 is 11.6 Å². The lowest BCUT2D eigenvalue weighted by atomic mass is 10.2. The number of rotatable bonds is 6. The molecule has 1 amide bonds. The van der Waals surface area contributed by atoms with Crippen LogP contribution in [0.5, 0.6) is 5.75 Å². The number of nitrogens with zero attached hydrogens (tertiary/aromatic N) is 1. The number of amides is 1. The standard InChI is InChI=1S/C14H19ClN2O3/c15-10-2-4-12(5-3-10)20-7-1-6-17-9-11(18)8-13(17)14(16)19/h2-5,11,13,18H,1,6-9H2,(H2,16,19)/t11-,13-/m1/s1. The molecule has 0 aromatic heterocycles. The van der Waals surface area contributed by atoms with Crippen LogP contribution in [0.1, 0.15) is 12.8 Å². The minimum atomic E-state index is -0.468. The van der Waals surface area contributed by atoms with Crippen molar-refractivity contribution >= 4 is 17.5 Å². The molecule has 20 heavy (non-hydrogen) atoms. The van der Waals surface area contributed by atoms with E-state index < -0.39 is 6.10 Å². The van der Waals surface area contributed by atoms with Crippen LogP contribution in [-0.4, -0.2) is 47.8 Å². The summed E-state index contributed by atoms with van der Waals surface area (Å²) in [5.41, 5.74) is 5.32. The summed E-state index contributed by atoms with van der Waals surface area (Å²) >= 11 is 5.79. The van der Waals surface area contributed by atoms with Gasteiger partial charge in [0.25, 0.3) is 0 Å². The van der Waals surface area contributed by atoms with Crippen molar-refractivity contribution in [2.24, 2.45) is 5.73 Å².